The van der Waals surface area contributed by atoms with Crippen LogP contribution in [0.25, 0.3) is 10.8 Å². The first-order valence-corrected chi connectivity index (χ1v) is 6.67. The van der Waals surface area contributed by atoms with Crippen LogP contribution in [0.1, 0.15) is 35.8 Å². The Morgan fingerprint density at radius 2 is 1.90 bits per heavy atom. The lowest BCUT2D eigenvalue weighted by molar-refractivity contribution is 0.101. The maximum absolute atomic E-state index is 11.4. The Labute approximate surface area is 117 Å². The molecule has 0 aliphatic rings. The minimum Gasteiger partial charge on any atom is -0.330 e. The number of ketones is 1. The highest BCUT2D eigenvalue weighted by Gasteiger charge is 2.08. The van der Waals surface area contributed by atoms with Crippen molar-refractivity contribution in [3.05, 3.63) is 66.2 Å². The zero-order valence-electron chi connectivity index (χ0n) is 11.6. The highest BCUT2D eigenvalue weighted by molar-refractivity contribution is 5.98. The molecule has 0 fully saturated rings. The number of hydrogen-bond acceptors (Lipinski definition) is 2. The van der Waals surface area contributed by atoms with Gasteiger partial charge in [0, 0.05) is 18.0 Å². The van der Waals surface area contributed by atoms with Gasteiger partial charge in [0.25, 0.3) is 0 Å². The molecule has 3 nitrogen and oxygen atoms in total. The van der Waals surface area contributed by atoms with Gasteiger partial charge in [-0.05, 0) is 42.3 Å². The van der Waals surface area contributed by atoms with E-state index in [0.29, 0.717) is 0 Å². The molecule has 1 atom stereocenters. The summed E-state index contributed by atoms with van der Waals surface area (Å²) in [6.45, 7) is 3.74. The molecule has 1 aromatic heterocycles. The SMILES string of the molecule is CC(=O)c1ccc2cc(C(C)n3ccnc3)ccc2c1. The van der Waals surface area contributed by atoms with Crippen molar-refractivity contribution in [2.24, 2.45) is 0 Å². The summed E-state index contributed by atoms with van der Waals surface area (Å²) in [6.07, 6.45) is 5.58. The summed E-state index contributed by atoms with van der Waals surface area (Å²) >= 11 is 0. The van der Waals surface area contributed by atoms with Gasteiger partial charge < -0.3 is 4.57 Å². The third-order valence-corrected chi connectivity index (χ3v) is 3.73. The summed E-state index contributed by atoms with van der Waals surface area (Å²) in [6, 6.07) is 12.4. The minimum absolute atomic E-state index is 0.0998. The Kier molecular flexibility index (Phi) is 3.11. The zero-order valence-corrected chi connectivity index (χ0v) is 11.6. The summed E-state index contributed by atoms with van der Waals surface area (Å²) in [5.74, 6) is 0.0998. The van der Waals surface area contributed by atoms with Gasteiger partial charge in [-0.3, -0.25) is 4.79 Å². The normalized spacial score (nSPS) is 12.5. The fourth-order valence-corrected chi connectivity index (χ4v) is 2.41. The molecule has 100 valence electrons. The second kappa shape index (κ2) is 4.93. The maximum Gasteiger partial charge on any atom is 0.159 e. The molecule has 2 aromatic carbocycles. The number of rotatable bonds is 3. The van der Waals surface area contributed by atoms with Crippen LogP contribution in [-0.2, 0) is 0 Å². The second-order valence-electron chi connectivity index (χ2n) is 5.06. The zero-order chi connectivity index (χ0) is 14.1. The van der Waals surface area contributed by atoms with Gasteiger partial charge in [0.05, 0.1) is 12.4 Å². The minimum atomic E-state index is 0.0998. The molecule has 0 saturated heterocycles. The first-order chi connectivity index (χ1) is 9.65. The van der Waals surface area contributed by atoms with Crippen molar-refractivity contribution in [2.75, 3.05) is 0 Å². The van der Waals surface area contributed by atoms with Crippen LogP contribution in [0.15, 0.2) is 55.1 Å². The lowest BCUT2D eigenvalue weighted by atomic mass is 10.00. The van der Waals surface area contributed by atoms with E-state index in [1.165, 1.54) is 5.56 Å². The van der Waals surface area contributed by atoms with Crippen LogP contribution in [0, 0.1) is 0 Å². The number of carbonyl (C=O) groups excluding carboxylic acids is 1. The molecular weight excluding hydrogens is 248 g/mol. The number of fused-ring (bicyclic) bond motifs is 1. The highest BCUT2D eigenvalue weighted by atomic mass is 16.1. The predicted molar refractivity (Wildman–Crippen MR) is 80.0 cm³/mol. The molecule has 0 aliphatic carbocycles. The van der Waals surface area contributed by atoms with Crippen LogP contribution in [0.5, 0.6) is 0 Å². The lowest BCUT2D eigenvalue weighted by Gasteiger charge is -2.14. The molecule has 0 radical (unpaired) electrons. The van der Waals surface area contributed by atoms with Gasteiger partial charge in [0.2, 0.25) is 0 Å². The van der Waals surface area contributed by atoms with Crippen LogP contribution in [0.4, 0.5) is 0 Å². The molecule has 3 aromatic rings. The Morgan fingerprint density at radius 3 is 2.60 bits per heavy atom. The maximum atomic E-state index is 11.4. The van der Waals surface area contributed by atoms with Crippen LogP contribution >= 0.6 is 0 Å². The van der Waals surface area contributed by atoms with E-state index in [1.807, 2.05) is 30.7 Å². The van der Waals surface area contributed by atoms with E-state index in [9.17, 15) is 4.79 Å². The third-order valence-electron chi connectivity index (χ3n) is 3.73. The average molecular weight is 264 g/mol. The van der Waals surface area contributed by atoms with Crippen LogP contribution in [-0.4, -0.2) is 15.3 Å². The second-order valence-corrected chi connectivity index (χ2v) is 5.06. The molecule has 1 unspecified atom stereocenters. The molecule has 0 saturated carbocycles. The van der Waals surface area contributed by atoms with Crippen molar-refractivity contribution >= 4 is 16.6 Å². The van der Waals surface area contributed by atoms with Crippen molar-refractivity contribution in [3.8, 4) is 0 Å². The van der Waals surface area contributed by atoms with Crippen LogP contribution in [0.3, 0.4) is 0 Å². The monoisotopic (exact) mass is 264 g/mol. The number of carbonyl (C=O) groups is 1. The largest absolute Gasteiger partial charge is 0.330 e. The number of hydrogen-bond donors (Lipinski definition) is 0. The molecule has 0 bridgehead atoms. The molecule has 0 aliphatic heterocycles. The summed E-state index contributed by atoms with van der Waals surface area (Å²) in [7, 11) is 0. The van der Waals surface area contributed by atoms with E-state index in [1.54, 1.807) is 13.1 Å². The summed E-state index contributed by atoms with van der Waals surface area (Å²) in [5, 5.41) is 2.25. The molecule has 1 heterocycles. The fourth-order valence-electron chi connectivity index (χ4n) is 2.41. The lowest BCUT2D eigenvalue weighted by Crippen LogP contribution is -2.04. The summed E-state index contributed by atoms with van der Waals surface area (Å²) < 4.78 is 2.07. The van der Waals surface area contributed by atoms with Gasteiger partial charge in [-0.2, -0.15) is 0 Å². The quantitative estimate of drug-likeness (QED) is 0.673. The average Bonchev–Trinajstić information content (AvgIpc) is 2.99. The van der Waals surface area contributed by atoms with Gasteiger partial charge in [-0.15, -0.1) is 0 Å². The number of benzene rings is 2. The molecule has 3 heteroatoms. The van der Waals surface area contributed by atoms with Crippen molar-refractivity contribution in [1.82, 2.24) is 9.55 Å². The van der Waals surface area contributed by atoms with E-state index in [2.05, 4.69) is 34.7 Å². The van der Waals surface area contributed by atoms with E-state index in [4.69, 9.17) is 0 Å². The Balaban J connectivity index is 2.03. The molecule has 0 amide bonds. The van der Waals surface area contributed by atoms with E-state index >= 15 is 0 Å². The third kappa shape index (κ3) is 2.23. The van der Waals surface area contributed by atoms with E-state index < -0.39 is 0 Å². The van der Waals surface area contributed by atoms with Crippen LogP contribution < -0.4 is 0 Å². The van der Waals surface area contributed by atoms with Gasteiger partial charge in [-0.1, -0.05) is 24.3 Å². The predicted octanol–water partition coefficient (Wildman–Crippen LogP) is 3.85. The van der Waals surface area contributed by atoms with Crippen molar-refractivity contribution in [3.63, 3.8) is 0 Å². The number of Topliss-reactive ketones (excluding diaryl/α,β-unsaturated/α-hetero) is 1. The smallest absolute Gasteiger partial charge is 0.159 e. The number of aromatic nitrogens is 2. The fraction of sp³-hybridized carbons (Fsp3) is 0.176. The molecule has 0 N–H and O–H groups in total. The summed E-state index contributed by atoms with van der Waals surface area (Å²) in [5.41, 5.74) is 1.99. The Bertz CT molecular complexity index is 760. The van der Waals surface area contributed by atoms with E-state index in [0.717, 1.165) is 16.3 Å². The van der Waals surface area contributed by atoms with Crippen molar-refractivity contribution < 1.29 is 4.79 Å². The Morgan fingerprint density at radius 1 is 1.15 bits per heavy atom. The molecule has 20 heavy (non-hydrogen) atoms. The van der Waals surface area contributed by atoms with Gasteiger partial charge in [-0.25, -0.2) is 4.98 Å². The van der Waals surface area contributed by atoms with Crippen molar-refractivity contribution in [1.29, 1.82) is 0 Å². The number of imidazole rings is 1. The first kappa shape index (κ1) is 12.6. The summed E-state index contributed by atoms with van der Waals surface area (Å²) in [4.78, 5) is 15.5. The standard InChI is InChI=1S/C17H16N2O/c1-12(19-8-7-18-11-19)14-3-5-17-10-15(13(2)20)4-6-16(17)9-14/h3-12H,1-2H3. The topological polar surface area (TPSA) is 34.9 Å². The molecule has 0 spiro atoms. The van der Waals surface area contributed by atoms with Crippen molar-refractivity contribution in [2.45, 2.75) is 19.9 Å². The Hall–Kier alpha value is -2.42. The first-order valence-electron chi connectivity index (χ1n) is 6.67. The van der Waals surface area contributed by atoms with Crippen LogP contribution in [0.2, 0.25) is 0 Å². The highest BCUT2D eigenvalue weighted by Crippen LogP contribution is 2.24. The number of nitrogens with zero attached hydrogens (tertiary/aromatic N) is 2. The van der Waals surface area contributed by atoms with Gasteiger partial charge >= 0.3 is 0 Å². The van der Waals surface area contributed by atoms with E-state index in [-0.39, 0.29) is 11.8 Å². The molecular formula is C17H16N2O. The van der Waals surface area contributed by atoms with Gasteiger partial charge in [0.1, 0.15) is 0 Å². The van der Waals surface area contributed by atoms with Gasteiger partial charge in [0.15, 0.2) is 5.78 Å². The molecule has 3 rings (SSSR count).